The lowest BCUT2D eigenvalue weighted by molar-refractivity contribution is -0.146. The van der Waals surface area contributed by atoms with Crippen LogP contribution in [0.2, 0.25) is 0 Å². The molecular weight excluding hydrogens is 226 g/mol. The van der Waals surface area contributed by atoms with Crippen molar-refractivity contribution >= 4 is 23.1 Å². The lowest BCUT2D eigenvalue weighted by Crippen LogP contribution is -2.26. The highest BCUT2D eigenvalue weighted by atomic mass is 32.1. The maximum absolute atomic E-state index is 12.1. The molecule has 0 spiro atoms. The standard InChI is InChI=1S/C11H13NO3S/c1-15-11(14)8-4-2-3-7(8)9(13)10-12-5-6-16-10/h5-8H,2-4H2,1H3/t7-,8-/m1/s1. The third kappa shape index (κ3) is 2.00. The van der Waals surface area contributed by atoms with Crippen LogP contribution in [0.4, 0.5) is 0 Å². The van der Waals surface area contributed by atoms with E-state index in [0.29, 0.717) is 5.01 Å². The summed E-state index contributed by atoms with van der Waals surface area (Å²) in [6.07, 6.45) is 4.02. The van der Waals surface area contributed by atoms with E-state index in [-0.39, 0.29) is 23.6 Å². The first-order chi connectivity index (χ1) is 7.74. The molecule has 0 N–H and O–H groups in total. The Labute approximate surface area is 97.6 Å². The van der Waals surface area contributed by atoms with Crippen LogP contribution in [0.25, 0.3) is 0 Å². The molecule has 1 aromatic heterocycles. The Kier molecular flexibility index (Phi) is 3.33. The molecule has 5 heteroatoms. The van der Waals surface area contributed by atoms with Gasteiger partial charge in [0, 0.05) is 17.5 Å². The van der Waals surface area contributed by atoms with Crippen LogP contribution < -0.4 is 0 Å². The summed E-state index contributed by atoms with van der Waals surface area (Å²) in [7, 11) is 1.37. The molecule has 1 fully saturated rings. The molecule has 1 heterocycles. The quantitative estimate of drug-likeness (QED) is 0.597. The van der Waals surface area contributed by atoms with Crippen LogP contribution in [0.1, 0.15) is 29.1 Å². The molecule has 0 aromatic carbocycles. The highest BCUT2D eigenvalue weighted by Crippen LogP contribution is 2.35. The van der Waals surface area contributed by atoms with E-state index in [9.17, 15) is 9.59 Å². The first kappa shape index (κ1) is 11.3. The van der Waals surface area contributed by atoms with Crippen molar-refractivity contribution in [1.82, 2.24) is 4.98 Å². The normalized spacial score (nSPS) is 24.3. The molecule has 1 aliphatic rings. The van der Waals surface area contributed by atoms with Gasteiger partial charge in [0.25, 0.3) is 0 Å². The zero-order chi connectivity index (χ0) is 11.5. The molecule has 1 aromatic rings. The highest BCUT2D eigenvalue weighted by Gasteiger charge is 2.39. The monoisotopic (exact) mass is 239 g/mol. The minimum absolute atomic E-state index is 0.0112. The zero-order valence-electron chi connectivity index (χ0n) is 9.01. The second kappa shape index (κ2) is 4.74. The minimum Gasteiger partial charge on any atom is -0.469 e. The molecule has 0 amide bonds. The Hall–Kier alpha value is -1.23. The Morgan fingerprint density at radius 2 is 2.19 bits per heavy atom. The molecule has 0 radical (unpaired) electrons. The van der Waals surface area contributed by atoms with Crippen molar-refractivity contribution in [2.75, 3.05) is 7.11 Å². The van der Waals surface area contributed by atoms with Crippen LogP contribution in [-0.4, -0.2) is 23.8 Å². The van der Waals surface area contributed by atoms with E-state index < -0.39 is 0 Å². The van der Waals surface area contributed by atoms with Gasteiger partial charge in [0.2, 0.25) is 0 Å². The summed E-state index contributed by atoms with van der Waals surface area (Å²) >= 11 is 1.33. The molecule has 1 aliphatic carbocycles. The number of rotatable bonds is 3. The molecule has 4 nitrogen and oxygen atoms in total. The lowest BCUT2D eigenvalue weighted by Gasteiger charge is -2.14. The Balaban J connectivity index is 2.14. The lowest BCUT2D eigenvalue weighted by atomic mass is 9.92. The van der Waals surface area contributed by atoms with E-state index in [1.807, 2.05) is 0 Å². The summed E-state index contributed by atoms with van der Waals surface area (Å²) in [4.78, 5) is 27.6. The van der Waals surface area contributed by atoms with Gasteiger partial charge in [-0.15, -0.1) is 11.3 Å². The van der Waals surface area contributed by atoms with Crippen molar-refractivity contribution < 1.29 is 14.3 Å². The number of esters is 1. The number of hydrogen-bond donors (Lipinski definition) is 0. The van der Waals surface area contributed by atoms with E-state index in [4.69, 9.17) is 4.74 Å². The second-order valence-electron chi connectivity index (χ2n) is 3.87. The Bertz CT molecular complexity index is 388. The molecule has 0 bridgehead atoms. The fourth-order valence-electron chi connectivity index (χ4n) is 2.21. The SMILES string of the molecule is COC(=O)[C@@H]1CCC[C@H]1C(=O)c1nccs1. The van der Waals surface area contributed by atoms with Crippen LogP contribution >= 0.6 is 11.3 Å². The summed E-state index contributed by atoms with van der Waals surface area (Å²) in [6.45, 7) is 0. The van der Waals surface area contributed by atoms with E-state index in [1.165, 1.54) is 18.4 Å². The van der Waals surface area contributed by atoms with Gasteiger partial charge in [0.05, 0.1) is 13.0 Å². The van der Waals surface area contributed by atoms with Crippen molar-refractivity contribution in [2.24, 2.45) is 11.8 Å². The number of carbonyl (C=O) groups is 2. The minimum atomic E-state index is -0.276. The maximum Gasteiger partial charge on any atom is 0.309 e. The van der Waals surface area contributed by atoms with E-state index in [1.54, 1.807) is 11.6 Å². The molecule has 2 atom stereocenters. The average molecular weight is 239 g/mol. The van der Waals surface area contributed by atoms with Gasteiger partial charge in [-0.25, -0.2) is 4.98 Å². The van der Waals surface area contributed by atoms with Gasteiger partial charge in [-0.3, -0.25) is 9.59 Å². The number of nitrogens with zero attached hydrogens (tertiary/aromatic N) is 1. The van der Waals surface area contributed by atoms with Crippen molar-refractivity contribution in [2.45, 2.75) is 19.3 Å². The number of thiazole rings is 1. The van der Waals surface area contributed by atoms with Gasteiger partial charge < -0.3 is 4.74 Å². The Morgan fingerprint density at radius 1 is 1.44 bits per heavy atom. The summed E-state index contributed by atoms with van der Waals surface area (Å²) in [5.74, 6) is -0.796. The fraction of sp³-hybridized carbons (Fsp3) is 0.545. The molecule has 0 aliphatic heterocycles. The largest absolute Gasteiger partial charge is 0.469 e. The molecule has 16 heavy (non-hydrogen) atoms. The predicted octanol–water partition coefficient (Wildman–Crippen LogP) is 1.92. The third-order valence-corrected chi connectivity index (χ3v) is 3.79. The number of hydrogen-bond acceptors (Lipinski definition) is 5. The van der Waals surface area contributed by atoms with Crippen LogP contribution in [-0.2, 0) is 9.53 Å². The molecule has 86 valence electrons. The van der Waals surface area contributed by atoms with Crippen molar-refractivity contribution in [3.63, 3.8) is 0 Å². The number of methoxy groups -OCH3 is 1. The number of ketones is 1. The molecule has 0 unspecified atom stereocenters. The molecule has 0 saturated heterocycles. The van der Waals surface area contributed by atoms with E-state index >= 15 is 0 Å². The molecule has 2 rings (SSSR count). The number of ether oxygens (including phenoxy) is 1. The first-order valence-corrected chi connectivity index (χ1v) is 6.13. The number of Topliss-reactive ketones (excluding diaryl/α,β-unsaturated/α-hetero) is 1. The van der Waals surface area contributed by atoms with Gasteiger partial charge in [-0.05, 0) is 12.8 Å². The smallest absolute Gasteiger partial charge is 0.309 e. The van der Waals surface area contributed by atoms with Gasteiger partial charge in [0.1, 0.15) is 0 Å². The van der Waals surface area contributed by atoms with Crippen LogP contribution in [0.15, 0.2) is 11.6 Å². The van der Waals surface area contributed by atoms with Crippen molar-refractivity contribution in [1.29, 1.82) is 0 Å². The number of carbonyl (C=O) groups excluding carboxylic acids is 2. The zero-order valence-corrected chi connectivity index (χ0v) is 9.83. The van der Waals surface area contributed by atoms with Gasteiger partial charge in [-0.1, -0.05) is 6.42 Å². The average Bonchev–Trinajstić information content (AvgIpc) is 2.97. The van der Waals surface area contributed by atoms with Crippen molar-refractivity contribution in [3.05, 3.63) is 16.6 Å². The highest BCUT2D eigenvalue weighted by molar-refractivity contribution is 7.11. The van der Waals surface area contributed by atoms with Crippen molar-refractivity contribution in [3.8, 4) is 0 Å². The molecular formula is C11H13NO3S. The number of aromatic nitrogens is 1. The van der Waals surface area contributed by atoms with E-state index in [0.717, 1.165) is 19.3 Å². The summed E-state index contributed by atoms with van der Waals surface area (Å²) < 4.78 is 4.72. The van der Waals surface area contributed by atoms with Gasteiger partial charge in [0.15, 0.2) is 10.8 Å². The Morgan fingerprint density at radius 3 is 2.81 bits per heavy atom. The van der Waals surface area contributed by atoms with Crippen LogP contribution in [0.3, 0.4) is 0 Å². The van der Waals surface area contributed by atoms with Crippen LogP contribution in [0.5, 0.6) is 0 Å². The summed E-state index contributed by atoms with van der Waals surface area (Å²) in [5.41, 5.74) is 0. The first-order valence-electron chi connectivity index (χ1n) is 5.25. The summed E-state index contributed by atoms with van der Waals surface area (Å²) in [5, 5.41) is 2.27. The van der Waals surface area contributed by atoms with Gasteiger partial charge >= 0.3 is 5.97 Å². The van der Waals surface area contributed by atoms with E-state index in [2.05, 4.69) is 4.98 Å². The predicted molar refractivity (Wildman–Crippen MR) is 59.3 cm³/mol. The van der Waals surface area contributed by atoms with Crippen LogP contribution in [0, 0.1) is 11.8 Å². The topological polar surface area (TPSA) is 56.3 Å². The summed E-state index contributed by atoms with van der Waals surface area (Å²) in [6, 6.07) is 0. The fourth-order valence-corrected chi connectivity index (χ4v) is 2.85. The second-order valence-corrected chi connectivity index (χ2v) is 4.76. The molecule has 1 saturated carbocycles. The van der Waals surface area contributed by atoms with Gasteiger partial charge in [-0.2, -0.15) is 0 Å². The third-order valence-electron chi connectivity index (χ3n) is 3.00. The maximum atomic E-state index is 12.1.